The predicted molar refractivity (Wildman–Crippen MR) is 274 cm³/mol. The standard InChI is InChI=1S/C59H84O19/c1-27-18-41-43(21-47-53(75-41)29(3)51(64)57-54(76-47)28(2)30(4)59(78-57)24-32(62)26-66-59)72-45-23-50-58(5,77-46(45)19-27)49(63)22-44-35(73-50)10-7-9-34-36(70-44)14-15-38-37(68-34)16-17-39-42(69-38)20-48-56(74-39)52(65)55-40(71-48)11-6-8-33(67-55)13-12-31(61)25-60/h6-8,10,12-17,27-57,60-65H,9,11,18-26H2,1-5H3/b10-7-,13-12+/t27-,28+,29+,30+,31+,32+,33-,34-,35-,36+,37+,38-,39-,40+,41+,42+,43-,44-,45+,46-,47+,48-,49-,50-,51+,52-,53-,54-,55+,56-,57+,58+,59?/m1/s1. The average molecular weight is 1100 g/mol. The van der Waals surface area contributed by atoms with E-state index in [1.165, 1.54) is 6.08 Å². The second-order valence-electron chi connectivity index (χ2n) is 25.5. The highest BCUT2D eigenvalue weighted by molar-refractivity contribution is 5.19. The average Bonchev–Trinajstić information content (AvgIpc) is 3.70. The highest BCUT2D eigenvalue weighted by atomic mass is 16.7. The van der Waals surface area contributed by atoms with E-state index in [1.807, 2.05) is 56.4 Å². The van der Waals surface area contributed by atoms with Crippen molar-refractivity contribution in [3.63, 3.8) is 0 Å². The second kappa shape index (κ2) is 21.8. The van der Waals surface area contributed by atoms with Crippen LogP contribution in [0.5, 0.6) is 0 Å². The zero-order chi connectivity index (χ0) is 53.9. The van der Waals surface area contributed by atoms with Crippen molar-refractivity contribution in [2.45, 2.75) is 269 Å². The lowest BCUT2D eigenvalue weighted by atomic mass is 9.75. The van der Waals surface area contributed by atoms with Gasteiger partial charge in [-0.05, 0) is 44.4 Å². The van der Waals surface area contributed by atoms with Gasteiger partial charge >= 0.3 is 0 Å². The van der Waals surface area contributed by atoms with E-state index < -0.39 is 134 Å². The number of fused-ring (bicyclic) bond motifs is 11. The van der Waals surface area contributed by atoms with Crippen LogP contribution >= 0.6 is 0 Å². The molecule has 0 aromatic heterocycles. The molecular formula is C59H84O19. The minimum absolute atomic E-state index is 0.0319. The molecule has 434 valence electrons. The van der Waals surface area contributed by atoms with Gasteiger partial charge in [0, 0.05) is 43.9 Å². The summed E-state index contributed by atoms with van der Waals surface area (Å²) in [5.74, 6) is -1.19. The third-order valence-electron chi connectivity index (χ3n) is 20.3. The summed E-state index contributed by atoms with van der Waals surface area (Å²) < 4.78 is 88.6. The molecule has 78 heavy (non-hydrogen) atoms. The molecule has 33 atom stereocenters. The first-order chi connectivity index (χ1) is 37.5. The van der Waals surface area contributed by atoms with Crippen molar-refractivity contribution in [3.8, 4) is 0 Å². The van der Waals surface area contributed by atoms with E-state index in [4.69, 9.17) is 61.6 Å². The molecule has 9 fully saturated rings. The predicted octanol–water partition coefficient (Wildman–Crippen LogP) is 2.58. The zero-order valence-electron chi connectivity index (χ0n) is 45.4. The molecule has 0 aromatic rings. The maximum atomic E-state index is 12.3. The van der Waals surface area contributed by atoms with Crippen molar-refractivity contribution < 1.29 is 92.2 Å². The monoisotopic (exact) mass is 1100 g/mol. The fourth-order valence-corrected chi connectivity index (χ4v) is 15.7. The topological polar surface area (TPSA) is 241 Å². The molecule has 13 aliphatic heterocycles. The Balaban J connectivity index is 0.675. The number of aliphatic hydroxyl groups is 6. The van der Waals surface area contributed by atoms with E-state index in [0.717, 1.165) is 6.42 Å². The number of rotatable bonds is 3. The van der Waals surface area contributed by atoms with Gasteiger partial charge < -0.3 is 92.2 Å². The molecule has 0 saturated carbocycles. The molecule has 13 rings (SSSR count). The Bertz CT molecular complexity index is 2280. The summed E-state index contributed by atoms with van der Waals surface area (Å²) >= 11 is 0. The van der Waals surface area contributed by atoms with Crippen molar-refractivity contribution in [2.75, 3.05) is 13.2 Å². The van der Waals surface area contributed by atoms with E-state index >= 15 is 0 Å². The van der Waals surface area contributed by atoms with Crippen molar-refractivity contribution in [1.82, 2.24) is 0 Å². The first kappa shape index (κ1) is 55.1. The molecule has 0 aliphatic carbocycles. The van der Waals surface area contributed by atoms with Gasteiger partial charge in [-0.25, -0.2) is 0 Å². The van der Waals surface area contributed by atoms with Crippen LogP contribution in [0.25, 0.3) is 0 Å². The summed E-state index contributed by atoms with van der Waals surface area (Å²) in [7, 11) is 0. The Morgan fingerprint density at radius 1 is 0.526 bits per heavy atom. The van der Waals surface area contributed by atoms with Crippen molar-refractivity contribution >= 4 is 0 Å². The van der Waals surface area contributed by atoms with Crippen molar-refractivity contribution in [3.05, 3.63) is 60.8 Å². The number of aliphatic hydroxyl groups excluding tert-OH is 6. The van der Waals surface area contributed by atoms with Gasteiger partial charge in [0.15, 0.2) is 5.79 Å². The van der Waals surface area contributed by atoms with Crippen LogP contribution in [0, 0.1) is 23.7 Å². The fourth-order valence-electron chi connectivity index (χ4n) is 15.7. The minimum atomic E-state index is -1.05. The summed E-state index contributed by atoms with van der Waals surface area (Å²) in [4.78, 5) is 0. The van der Waals surface area contributed by atoms with Gasteiger partial charge in [0.05, 0.1) is 123 Å². The smallest absolute Gasteiger partial charge is 0.174 e. The lowest BCUT2D eigenvalue weighted by molar-refractivity contribution is -0.339. The summed E-state index contributed by atoms with van der Waals surface area (Å²) in [6.07, 6.45) is 9.53. The zero-order valence-corrected chi connectivity index (χ0v) is 45.4. The lowest BCUT2D eigenvalue weighted by Gasteiger charge is -2.53. The minimum Gasteiger partial charge on any atom is -0.393 e. The van der Waals surface area contributed by atoms with Crippen LogP contribution < -0.4 is 0 Å². The molecule has 0 amide bonds. The van der Waals surface area contributed by atoms with Gasteiger partial charge in [-0.3, -0.25) is 0 Å². The van der Waals surface area contributed by atoms with E-state index in [1.54, 1.807) is 6.08 Å². The fraction of sp³-hybridized carbons (Fsp3) is 0.831. The Kier molecular flexibility index (Phi) is 15.4. The Labute approximate surface area is 457 Å². The summed E-state index contributed by atoms with van der Waals surface area (Å²) in [5.41, 5.74) is -1.05. The SMILES string of the molecule is C[C@@H]1C[C@@H]2O[C@@H]3[C@@H](C)[C@H](O)[C@@H]4OC5(C[C@H](O)CO5)[C@@H](C)[C@H](C)[C@H]4O[C@H]3C[C@H]2O[C@H]2C[C@H]3O[C@@H]4/C=C\C[C@H]5O[C@H]6C=C[C@H]7O[C@H]8[C@H](O)[C@H]9O[C@@H](/C=C/[C@H](O)CO)C=CC[C@@H]9O[C@@H]8C[C@@H]7O[C@@H]6C=C[C@@H]5O[C@@H]4C[C@@H](O)[C@]3(C)O[C@@H]2C1. The first-order valence-corrected chi connectivity index (χ1v) is 29.5. The Hall–Kier alpha value is -2.06. The summed E-state index contributed by atoms with van der Waals surface area (Å²) in [5, 5.41) is 65.7. The summed E-state index contributed by atoms with van der Waals surface area (Å²) in [6.45, 7) is 10.2. The maximum Gasteiger partial charge on any atom is 0.174 e. The van der Waals surface area contributed by atoms with Gasteiger partial charge in [0.25, 0.3) is 0 Å². The first-order valence-electron chi connectivity index (χ1n) is 29.5. The molecule has 1 spiro atoms. The van der Waals surface area contributed by atoms with Crippen LogP contribution in [-0.4, -0.2) is 220 Å². The van der Waals surface area contributed by atoms with Crippen LogP contribution in [0.4, 0.5) is 0 Å². The molecular weight excluding hydrogens is 1010 g/mol. The molecule has 13 heterocycles. The van der Waals surface area contributed by atoms with Gasteiger partial charge in [-0.1, -0.05) is 88.5 Å². The quantitative estimate of drug-likeness (QED) is 0.223. The third kappa shape index (κ3) is 10.0. The Morgan fingerprint density at radius 3 is 1.92 bits per heavy atom. The molecule has 0 radical (unpaired) electrons. The van der Waals surface area contributed by atoms with Crippen LogP contribution in [0.3, 0.4) is 0 Å². The van der Waals surface area contributed by atoms with Crippen LogP contribution in [0.1, 0.15) is 92.4 Å². The van der Waals surface area contributed by atoms with Gasteiger partial charge in [0.2, 0.25) is 0 Å². The van der Waals surface area contributed by atoms with E-state index in [9.17, 15) is 30.6 Å². The van der Waals surface area contributed by atoms with Crippen molar-refractivity contribution in [1.29, 1.82) is 0 Å². The molecule has 19 nitrogen and oxygen atoms in total. The lowest BCUT2D eigenvalue weighted by Crippen LogP contribution is -2.63. The number of hydrogen-bond acceptors (Lipinski definition) is 19. The maximum absolute atomic E-state index is 12.3. The van der Waals surface area contributed by atoms with Crippen LogP contribution in [0.2, 0.25) is 0 Å². The van der Waals surface area contributed by atoms with Crippen LogP contribution in [0.15, 0.2) is 60.8 Å². The van der Waals surface area contributed by atoms with Crippen LogP contribution in [-0.2, 0) is 61.6 Å². The molecule has 19 heteroatoms. The summed E-state index contributed by atoms with van der Waals surface area (Å²) in [6, 6.07) is 0. The normalized spacial score (nSPS) is 57.3. The molecule has 13 aliphatic rings. The highest BCUT2D eigenvalue weighted by Crippen LogP contribution is 2.52. The third-order valence-corrected chi connectivity index (χ3v) is 20.3. The van der Waals surface area contributed by atoms with E-state index in [-0.39, 0.29) is 85.5 Å². The Morgan fingerprint density at radius 2 is 1.14 bits per heavy atom. The molecule has 1 unspecified atom stereocenters. The number of hydrogen-bond donors (Lipinski definition) is 6. The van der Waals surface area contributed by atoms with Gasteiger partial charge in [-0.15, -0.1) is 0 Å². The van der Waals surface area contributed by atoms with Gasteiger partial charge in [-0.2, -0.15) is 0 Å². The molecule has 9 saturated heterocycles. The van der Waals surface area contributed by atoms with Gasteiger partial charge in [0.1, 0.15) is 60.5 Å². The highest BCUT2D eigenvalue weighted by Gasteiger charge is 2.63. The van der Waals surface area contributed by atoms with E-state index in [2.05, 4.69) is 26.8 Å². The number of ether oxygens (including phenoxy) is 13. The van der Waals surface area contributed by atoms with Crippen molar-refractivity contribution in [2.24, 2.45) is 23.7 Å². The largest absolute Gasteiger partial charge is 0.393 e. The second-order valence-corrected chi connectivity index (χ2v) is 25.5. The molecule has 6 N–H and O–H groups in total. The molecule has 0 bridgehead atoms. The van der Waals surface area contributed by atoms with E-state index in [0.29, 0.717) is 44.9 Å². The molecule has 0 aromatic carbocycles.